The van der Waals surface area contributed by atoms with Gasteiger partial charge in [0.05, 0.1) is 16.5 Å². The molecular weight excluding hydrogens is 488 g/mol. The van der Waals surface area contributed by atoms with Crippen LogP contribution in [0.4, 0.5) is 26.3 Å². The molecule has 0 aliphatic carbocycles. The van der Waals surface area contributed by atoms with E-state index in [2.05, 4.69) is 16.0 Å². The number of alkyl halides is 6. The van der Waals surface area contributed by atoms with E-state index >= 15 is 0 Å². The van der Waals surface area contributed by atoms with Gasteiger partial charge in [-0.2, -0.15) is 26.3 Å². The van der Waals surface area contributed by atoms with Crippen LogP contribution in [0.15, 0.2) is 30.4 Å². The molecule has 14 heteroatoms. The molecule has 0 aromatic heterocycles. The van der Waals surface area contributed by atoms with Gasteiger partial charge in [-0.3, -0.25) is 9.59 Å². The number of carboxylic acids is 1. The molecule has 0 unspecified atom stereocenters. The second kappa shape index (κ2) is 11.0. The van der Waals surface area contributed by atoms with Crippen LogP contribution in [0, 0.1) is 5.41 Å². The lowest BCUT2D eigenvalue weighted by atomic mass is 9.77. The summed E-state index contributed by atoms with van der Waals surface area (Å²) in [5.41, 5.74) is -1.65. The number of fused-ring (bicyclic) bond motifs is 1. The quantitative estimate of drug-likeness (QED) is 0.314. The number of carbonyl (C=O) groups is 3. The van der Waals surface area contributed by atoms with Crippen LogP contribution in [0.2, 0.25) is 0 Å². The molecule has 4 N–H and O–H groups in total. The average molecular weight is 511 g/mol. The minimum Gasteiger partial charge on any atom is -0.489 e. The number of benzene rings is 1. The monoisotopic (exact) mass is 511 g/mol. The van der Waals surface area contributed by atoms with Crippen molar-refractivity contribution in [2.45, 2.75) is 31.7 Å². The van der Waals surface area contributed by atoms with Crippen molar-refractivity contribution in [1.82, 2.24) is 16.0 Å². The van der Waals surface area contributed by atoms with Gasteiger partial charge in [0.15, 0.2) is 0 Å². The Labute approximate surface area is 195 Å². The van der Waals surface area contributed by atoms with Crippen molar-refractivity contribution >= 4 is 17.8 Å². The topological polar surface area (TPSA) is 117 Å². The van der Waals surface area contributed by atoms with Crippen molar-refractivity contribution in [1.29, 1.82) is 0 Å². The first kappa shape index (κ1) is 28.0. The zero-order valence-electron chi connectivity index (χ0n) is 18.3. The third-order valence-corrected chi connectivity index (χ3v) is 5.16. The second-order valence-electron chi connectivity index (χ2n) is 7.97. The number of carboxylic acid groups (broad SMARTS) is 1. The van der Waals surface area contributed by atoms with E-state index in [4.69, 9.17) is 14.6 Å². The van der Waals surface area contributed by atoms with Crippen molar-refractivity contribution in [3.05, 3.63) is 41.5 Å². The van der Waals surface area contributed by atoms with Gasteiger partial charge < -0.3 is 25.8 Å². The van der Waals surface area contributed by atoms with E-state index in [-0.39, 0.29) is 36.4 Å². The SMILES string of the molecule is C[C@@H]1CNC(=O)c2cc(C(F)(F)F)ccc2OC/C=C\CC2(CNC2)C(=O)N1.O=C(O)C(F)(F)F. The Kier molecular flexibility index (Phi) is 8.76. The third-order valence-electron chi connectivity index (χ3n) is 5.16. The third kappa shape index (κ3) is 7.60. The van der Waals surface area contributed by atoms with E-state index in [9.17, 15) is 35.9 Å². The van der Waals surface area contributed by atoms with Gasteiger partial charge in [0, 0.05) is 25.7 Å². The zero-order chi connectivity index (χ0) is 26.4. The molecule has 0 radical (unpaired) electrons. The van der Waals surface area contributed by atoms with Crippen LogP contribution in [-0.2, 0) is 15.8 Å². The van der Waals surface area contributed by atoms with Crippen molar-refractivity contribution in [3.8, 4) is 5.75 Å². The van der Waals surface area contributed by atoms with Crippen LogP contribution in [0.3, 0.4) is 0 Å². The number of carbonyl (C=O) groups excluding carboxylic acids is 2. The number of halogens is 6. The maximum atomic E-state index is 13.0. The summed E-state index contributed by atoms with van der Waals surface area (Å²) >= 11 is 0. The molecule has 1 aromatic carbocycles. The number of amides is 2. The van der Waals surface area contributed by atoms with Crippen LogP contribution in [0.5, 0.6) is 5.75 Å². The van der Waals surface area contributed by atoms with Crippen molar-refractivity contribution in [2.75, 3.05) is 26.2 Å². The Bertz CT molecular complexity index is 973. The van der Waals surface area contributed by atoms with Crippen LogP contribution < -0.4 is 20.7 Å². The lowest BCUT2D eigenvalue weighted by molar-refractivity contribution is -0.192. The Morgan fingerprint density at radius 1 is 1.11 bits per heavy atom. The normalized spacial score (nSPS) is 21.5. The molecule has 8 nitrogen and oxygen atoms in total. The van der Waals surface area contributed by atoms with Crippen molar-refractivity contribution in [3.63, 3.8) is 0 Å². The zero-order valence-corrected chi connectivity index (χ0v) is 18.3. The summed E-state index contributed by atoms with van der Waals surface area (Å²) in [6, 6.07) is 2.44. The highest BCUT2D eigenvalue weighted by atomic mass is 19.4. The van der Waals surface area contributed by atoms with Gasteiger partial charge in [-0.25, -0.2) is 4.79 Å². The van der Waals surface area contributed by atoms with Gasteiger partial charge in [-0.15, -0.1) is 0 Å². The first-order chi connectivity index (χ1) is 16.2. The van der Waals surface area contributed by atoms with E-state index < -0.39 is 35.2 Å². The molecule has 2 amide bonds. The molecule has 1 aromatic rings. The van der Waals surface area contributed by atoms with E-state index in [1.807, 2.05) is 6.08 Å². The molecule has 0 bridgehead atoms. The van der Waals surface area contributed by atoms with Gasteiger partial charge in [0.25, 0.3) is 5.91 Å². The summed E-state index contributed by atoms with van der Waals surface area (Å²) in [6.07, 6.45) is -5.61. The molecule has 2 heterocycles. The van der Waals surface area contributed by atoms with E-state index in [0.29, 0.717) is 19.5 Å². The molecule has 0 saturated carbocycles. The number of nitrogens with one attached hydrogen (secondary N) is 3. The van der Waals surface area contributed by atoms with Crippen molar-refractivity contribution in [2.24, 2.45) is 5.41 Å². The fraction of sp³-hybridized carbons (Fsp3) is 0.476. The summed E-state index contributed by atoms with van der Waals surface area (Å²) in [5, 5.41) is 15.7. The molecule has 1 fully saturated rings. The minimum absolute atomic E-state index is 0.0731. The lowest BCUT2D eigenvalue weighted by Crippen LogP contribution is -2.62. The predicted octanol–water partition coefficient (Wildman–Crippen LogP) is 2.50. The largest absolute Gasteiger partial charge is 0.490 e. The van der Waals surface area contributed by atoms with Gasteiger partial charge in [-0.05, 0) is 31.5 Å². The standard InChI is InChI=1S/C19H22F3N3O3.C2HF3O2/c1-12-9-24-16(26)14-8-13(19(20,21)22)4-5-15(14)28-7-3-2-6-18(10-23-11-18)17(27)25-12;3-2(4,5)1(6)7/h2-5,8,12,23H,6-7,9-11H2,1H3,(H,24,26)(H,25,27);(H,6,7)/b3-2-;/t12-;/m1./s1. The highest BCUT2D eigenvalue weighted by molar-refractivity contribution is 5.97. The fourth-order valence-corrected chi connectivity index (χ4v) is 3.12. The van der Waals surface area contributed by atoms with Crippen LogP contribution in [0.1, 0.15) is 29.3 Å². The van der Waals surface area contributed by atoms with Crippen LogP contribution in [-0.4, -0.2) is 61.3 Å². The summed E-state index contributed by atoms with van der Waals surface area (Å²) in [4.78, 5) is 34.0. The fourth-order valence-electron chi connectivity index (χ4n) is 3.12. The summed E-state index contributed by atoms with van der Waals surface area (Å²) in [5.74, 6) is -3.49. The maximum absolute atomic E-state index is 13.0. The molecule has 2 aliphatic heterocycles. The van der Waals surface area contributed by atoms with Crippen LogP contribution in [0.25, 0.3) is 0 Å². The van der Waals surface area contributed by atoms with Gasteiger partial charge in [-0.1, -0.05) is 12.2 Å². The van der Waals surface area contributed by atoms with E-state index in [1.165, 1.54) is 0 Å². The Hall–Kier alpha value is -3.29. The lowest BCUT2D eigenvalue weighted by Gasteiger charge is -2.41. The minimum atomic E-state index is -5.08. The number of ether oxygens (including phenoxy) is 1. The average Bonchev–Trinajstić information content (AvgIpc) is 2.71. The highest BCUT2D eigenvalue weighted by Crippen LogP contribution is 2.33. The number of hydrogen-bond acceptors (Lipinski definition) is 5. The molecule has 194 valence electrons. The summed E-state index contributed by atoms with van der Waals surface area (Å²) in [6.45, 7) is 3.01. The summed E-state index contributed by atoms with van der Waals surface area (Å²) < 4.78 is 76.3. The molecule has 2 aliphatic rings. The second-order valence-corrected chi connectivity index (χ2v) is 7.97. The van der Waals surface area contributed by atoms with Crippen LogP contribution >= 0.6 is 0 Å². The predicted molar refractivity (Wildman–Crippen MR) is 110 cm³/mol. The van der Waals surface area contributed by atoms with E-state index in [0.717, 1.165) is 18.2 Å². The number of hydrogen-bond donors (Lipinski definition) is 4. The Morgan fingerprint density at radius 3 is 2.26 bits per heavy atom. The number of allylic oxidation sites excluding steroid dienone is 1. The van der Waals surface area contributed by atoms with Gasteiger partial charge in [0.1, 0.15) is 12.4 Å². The molecular formula is C21H23F6N3O5. The number of aliphatic carboxylic acids is 1. The molecule has 35 heavy (non-hydrogen) atoms. The van der Waals surface area contributed by atoms with Gasteiger partial charge >= 0.3 is 18.3 Å². The summed E-state index contributed by atoms with van der Waals surface area (Å²) in [7, 11) is 0. The van der Waals surface area contributed by atoms with Gasteiger partial charge in [0.2, 0.25) is 5.91 Å². The molecule has 1 atom stereocenters. The Balaban J connectivity index is 0.000000540. The molecule has 3 rings (SSSR count). The van der Waals surface area contributed by atoms with Crippen molar-refractivity contribution < 1.29 is 50.6 Å². The molecule has 1 saturated heterocycles. The molecule has 1 spiro atoms. The smallest absolute Gasteiger partial charge is 0.489 e. The Morgan fingerprint density at radius 2 is 1.74 bits per heavy atom. The highest BCUT2D eigenvalue weighted by Gasteiger charge is 2.43. The van der Waals surface area contributed by atoms with E-state index in [1.54, 1.807) is 13.0 Å². The number of rotatable bonds is 0. The first-order valence-electron chi connectivity index (χ1n) is 10.2. The maximum Gasteiger partial charge on any atom is 0.490 e. The first-order valence-corrected chi connectivity index (χ1v) is 10.2.